The maximum atomic E-state index is 6.81. The third-order valence-electron chi connectivity index (χ3n) is 12.7. The summed E-state index contributed by atoms with van der Waals surface area (Å²) in [7, 11) is 0. The molecule has 0 fully saturated rings. The van der Waals surface area contributed by atoms with Gasteiger partial charge in [0.1, 0.15) is 11.2 Å². The summed E-state index contributed by atoms with van der Waals surface area (Å²) in [4.78, 5) is 2.44. The van der Waals surface area contributed by atoms with Gasteiger partial charge in [0.25, 0.3) is 0 Å². The summed E-state index contributed by atoms with van der Waals surface area (Å²) in [6.45, 7) is 9.35. The molecule has 11 rings (SSSR count). The molecule has 2 aliphatic carbocycles. The molecule has 268 valence electrons. The Morgan fingerprint density at radius 1 is 0.393 bits per heavy atom. The molecule has 0 saturated carbocycles. The minimum absolute atomic E-state index is 0.0812. The van der Waals surface area contributed by atoms with E-state index in [1.807, 2.05) is 0 Å². The molecule has 0 bridgehead atoms. The number of hydrogen-bond acceptors (Lipinski definition) is 2. The summed E-state index contributed by atoms with van der Waals surface area (Å²) in [5, 5.41) is 2.32. The number of nitrogens with zero attached hydrogens (tertiary/aromatic N) is 1. The topological polar surface area (TPSA) is 16.4 Å². The quantitative estimate of drug-likeness (QED) is 0.176. The summed E-state index contributed by atoms with van der Waals surface area (Å²) in [5.74, 6) is 0. The van der Waals surface area contributed by atoms with E-state index in [-0.39, 0.29) is 10.8 Å². The van der Waals surface area contributed by atoms with Crippen LogP contribution < -0.4 is 4.90 Å². The first-order valence-electron chi connectivity index (χ1n) is 19.7. The van der Waals surface area contributed by atoms with Gasteiger partial charge in [-0.2, -0.15) is 0 Å². The van der Waals surface area contributed by atoms with Crippen molar-refractivity contribution in [3.05, 3.63) is 198 Å². The largest absolute Gasteiger partial charge is 0.455 e. The van der Waals surface area contributed by atoms with E-state index in [2.05, 4.69) is 209 Å². The average molecular weight is 720 g/mol. The molecule has 8 aromatic carbocycles. The van der Waals surface area contributed by atoms with Crippen molar-refractivity contribution in [2.75, 3.05) is 4.90 Å². The number of rotatable bonds is 5. The lowest BCUT2D eigenvalue weighted by Crippen LogP contribution is -2.16. The van der Waals surface area contributed by atoms with Crippen LogP contribution in [0, 0.1) is 0 Å². The Labute approximate surface area is 328 Å². The highest BCUT2D eigenvalue weighted by Gasteiger charge is 2.39. The lowest BCUT2D eigenvalue weighted by Gasteiger charge is -2.29. The van der Waals surface area contributed by atoms with Gasteiger partial charge in [0.2, 0.25) is 0 Å². The van der Waals surface area contributed by atoms with Crippen LogP contribution in [0.5, 0.6) is 0 Å². The molecule has 0 atom stereocenters. The first kappa shape index (κ1) is 32.8. The SMILES string of the molecule is CC1(C)c2ccccc2-c2c(N(c3ccc(-c4ccccc4)cc3)c3ccc(-c4cccc5oc6c7c(ccc6c45)C(C)(C)c4ccccc4-7)cc3)cccc21. The van der Waals surface area contributed by atoms with Crippen molar-refractivity contribution in [2.24, 2.45) is 0 Å². The minimum Gasteiger partial charge on any atom is -0.455 e. The molecule has 0 radical (unpaired) electrons. The summed E-state index contributed by atoms with van der Waals surface area (Å²) in [6, 6.07) is 64.4. The number of benzene rings is 8. The molecular weight excluding hydrogens is 679 g/mol. The zero-order chi connectivity index (χ0) is 37.8. The van der Waals surface area contributed by atoms with Gasteiger partial charge in [-0.15, -0.1) is 0 Å². The van der Waals surface area contributed by atoms with Gasteiger partial charge in [0.15, 0.2) is 0 Å². The first-order valence-corrected chi connectivity index (χ1v) is 19.7. The molecule has 2 aliphatic rings. The molecular formula is C54H41NO. The van der Waals surface area contributed by atoms with Gasteiger partial charge in [-0.25, -0.2) is 0 Å². The van der Waals surface area contributed by atoms with Crippen LogP contribution in [0.15, 0.2) is 180 Å². The number of anilines is 3. The normalized spacial score (nSPS) is 14.4. The van der Waals surface area contributed by atoms with Crippen LogP contribution in [0.2, 0.25) is 0 Å². The third-order valence-corrected chi connectivity index (χ3v) is 12.7. The third kappa shape index (κ3) is 4.62. The van der Waals surface area contributed by atoms with Crippen molar-refractivity contribution < 1.29 is 4.42 Å². The fourth-order valence-electron chi connectivity index (χ4n) is 9.88. The van der Waals surface area contributed by atoms with Gasteiger partial charge in [-0.1, -0.05) is 167 Å². The molecule has 0 unspecified atom stereocenters. The Kier molecular flexibility index (Phi) is 6.98. The molecule has 56 heavy (non-hydrogen) atoms. The molecule has 0 aliphatic heterocycles. The van der Waals surface area contributed by atoms with Crippen molar-refractivity contribution >= 4 is 39.0 Å². The Morgan fingerprint density at radius 2 is 0.911 bits per heavy atom. The second-order valence-electron chi connectivity index (χ2n) is 16.5. The van der Waals surface area contributed by atoms with Crippen LogP contribution in [0.4, 0.5) is 17.1 Å². The number of hydrogen-bond donors (Lipinski definition) is 0. The Hall–Kier alpha value is -6.64. The van der Waals surface area contributed by atoms with Crippen LogP contribution in [0.25, 0.3) is 66.4 Å². The van der Waals surface area contributed by atoms with E-state index in [9.17, 15) is 0 Å². The number of furan rings is 1. The van der Waals surface area contributed by atoms with E-state index in [0.717, 1.165) is 38.9 Å². The molecule has 2 nitrogen and oxygen atoms in total. The average Bonchev–Trinajstić information content (AvgIpc) is 3.82. The van der Waals surface area contributed by atoms with Crippen LogP contribution in [-0.2, 0) is 10.8 Å². The highest BCUT2D eigenvalue weighted by Crippen LogP contribution is 2.55. The van der Waals surface area contributed by atoms with E-state index < -0.39 is 0 Å². The van der Waals surface area contributed by atoms with Crippen molar-refractivity contribution in [3.63, 3.8) is 0 Å². The van der Waals surface area contributed by atoms with E-state index in [4.69, 9.17) is 4.42 Å². The van der Waals surface area contributed by atoms with Crippen LogP contribution >= 0.6 is 0 Å². The smallest absolute Gasteiger partial charge is 0.143 e. The van der Waals surface area contributed by atoms with Gasteiger partial charge >= 0.3 is 0 Å². The first-order chi connectivity index (χ1) is 27.3. The summed E-state index contributed by atoms with van der Waals surface area (Å²) < 4.78 is 6.81. The van der Waals surface area contributed by atoms with E-state index in [0.29, 0.717) is 0 Å². The van der Waals surface area contributed by atoms with Crippen molar-refractivity contribution in [1.82, 2.24) is 0 Å². The zero-order valence-electron chi connectivity index (χ0n) is 32.1. The fraction of sp³-hybridized carbons (Fsp3) is 0.111. The summed E-state index contributed by atoms with van der Waals surface area (Å²) in [6.07, 6.45) is 0. The molecule has 0 saturated heterocycles. The maximum Gasteiger partial charge on any atom is 0.143 e. The van der Waals surface area contributed by atoms with Crippen molar-refractivity contribution in [2.45, 2.75) is 38.5 Å². The number of fused-ring (bicyclic) bond motifs is 10. The fourth-order valence-corrected chi connectivity index (χ4v) is 9.88. The molecule has 0 spiro atoms. The van der Waals surface area contributed by atoms with Crippen LogP contribution in [0.3, 0.4) is 0 Å². The second-order valence-corrected chi connectivity index (χ2v) is 16.5. The molecule has 2 heteroatoms. The highest BCUT2D eigenvalue weighted by molar-refractivity contribution is 6.16. The Bertz CT molecular complexity index is 3000. The highest BCUT2D eigenvalue weighted by atomic mass is 16.3. The van der Waals surface area contributed by atoms with Crippen LogP contribution in [0.1, 0.15) is 49.9 Å². The molecule has 9 aromatic rings. The van der Waals surface area contributed by atoms with E-state index in [1.165, 1.54) is 66.9 Å². The summed E-state index contributed by atoms with van der Waals surface area (Å²) >= 11 is 0. The monoisotopic (exact) mass is 719 g/mol. The standard InChI is InChI=1S/C54H41NO/c1-53(2)43-19-10-8-16-40(43)50-45(53)21-13-22-47(50)55(37-28-24-35(25-29-37)34-14-6-5-7-15-34)38-30-26-36(27-31-38)39-18-12-23-48-49(39)42-32-33-46-51(52(42)56-48)41-17-9-11-20-44(41)54(46,3)4/h5-33H,1-4H3. The molecule has 1 heterocycles. The minimum atomic E-state index is -0.0986. The predicted octanol–water partition coefficient (Wildman–Crippen LogP) is 15.0. The molecule has 0 amide bonds. The van der Waals surface area contributed by atoms with Gasteiger partial charge < -0.3 is 9.32 Å². The van der Waals surface area contributed by atoms with Gasteiger partial charge in [-0.3, -0.25) is 0 Å². The lowest BCUT2D eigenvalue weighted by atomic mass is 9.82. The Balaban J connectivity index is 1.07. The van der Waals surface area contributed by atoms with Crippen molar-refractivity contribution in [1.29, 1.82) is 0 Å². The predicted molar refractivity (Wildman–Crippen MR) is 234 cm³/mol. The second kappa shape index (κ2) is 11.9. The van der Waals surface area contributed by atoms with Crippen LogP contribution in [-0.4, -0.2) is 0 Å². The maximum absolute atomic E-state index is 6.81. The summed E-state index contributed by atoms with van der Waals surface area (Å²) in [5.41, 5.74) is 20.4. The molecule has 1 aromatic heterocycles. The van der Waals surface area contributed by atoms with Gasteiger partial charge in [-0.05, 0) is 92.0 Å². The van der Waals surface area contributed by atoms with Gasteiger partial charge in [0, 0.05) is 44.1 Å². The Morgan fingerprint density at radius 3 is 1.59 bits per heavy atom. The zero-order valence-corrected chi connectivity index (χ0v) is 32.1. The van der Waals surface area contributed by atoms with E-state index >= 15 is 0 Å². The lowest BCUT2D eigenvalue weighted by molar-refractivity contribution is 0.653. The molecule has 0 N–H and O–H groups in total. The van der Waals surface area contributed by atoms with E-state index in [1.54, 1.807) is 0 Å². The van der Waals surface area contributed by atoms with Crippen molar-refractivity contribution in [3.8, 4) is 44.5 Å². The van der Waals surface area contributed by atoms with Gasteiger partial charge in [0.05, 0.1) is 5.69 Å².